The number of para-hydroxylation sites is 3. The van der Waals surface area contributed by atoms with Gasteiger partial charge in [0.1, 0.15) is 17.3 Å². The summed E-state index contributed by atoms with van der Waals surface area (Å²) in [6.07, 6.45) is -0.953. The molecule has 1 unspecified atom stereocenters. The van der Waals surface area contributed by atoms with Gasteiger partial charge in [0.2, 0.25) is 5.43 Å². The van der Waals surface area contributed by atoms with Gasteiger partial charge in [0.25, 0.3) is 11.8 Å². The first-order valence-corrected chi connectivity index (χ1v) is 11.2. The van der Waals surface area contributed by atoms with Crippen molar-refractivity contribution in [3.63, 3.8) is 0 Å². The highest BCUT2D eigenvalue weighted by Crippen LogP contribution is 2.34. The summed E-state index contributed by atoms with van der Waals surface area (Å²) in [7, 11) is 0. The van der Waals surface area contributed by atoms with Gasteiger partial charge in [-0.05, 0) is 31.2 Å². The predicted molar refractivity (Wildman–Crippen MR) is 124 cm³/mol. The number of carbonyl (C=O) groups is 2. The lowest BCUT2D eigenvalue weighted by Crippen LogP contribution is -2.54. The van der Waals surface area contributed by atoms with Crippen molar-refractivity contribution in [2.24, 2.45) is 0 Å². The zero-order chi connectivity index (χ0) is 24.5. The fraction of sp³-hybridized carbons (Fsp3) is 0.280. The SMILES string of the molecule is Cc1cc(=O)c(C(=O)N2CC(C(=O)N3CCOCC3)Oc3ccccc32)nn1-c1ccccc1F. The van der Waals surface area contributed by atoms with E-state index in [1.165, 1.54) is 27.8 Å². The van der Waals surface area contributed by atoms with Crippen LogP contribution in [-0.2, 0) is 9.53 Å². The van der Waals surface area contributed by atoms with Crippen molar-refractivity contribution in [3.8, 4) is 11.4 Å². The number of morpholine rings is 1. The number of nitrogens with zero attached hydrogens (tertiary/aromatic N) is 4. The number of benzene rings is 2. The van der Waals surface area contributed by atoms with Gasteiger partial charge >= 0.3 is 0 Å². The Bertz CT molecular complexity index is 1350. The molecule has 0 saturated carbocycles. The Kier molecular flexibility index (Phi) is 6.04. The minimum absolute atomic E-state index is 0.0965. The predicted octanol–water partition coefficient (Wildman–Crippen LogP) is 1.95. The maximum Gasteiger partial charge on any atom is 0.283 e. The van der Waals surface area contributed by atoms with Gasteiger partial charge in [0.15, 0.2) is 11.8 Å². The Morgan fingerprint density at radius 2 is 1.71 bits per heavy atom. The minimum atomic E-state index is -0.953. The smallest absolute Gasteiger partial charge is 0.283 e. The third-order valence-corrected chi connectivity index (χ3v) is 6.01. The zero-order valence-electron chi connectivity index (χ0n) is 19.0. The van der Waals surface area contributed by atoms with Gasteiger partial charge in [-0.15, -0.1) is 0 Å². The molecule has 35 heavy (non-hydrogen) atoms. The van der Waals surface area contributed by atoms with Gasteiger partial charge < -0.3 is 14.4 Å². The second-order valence-electron chi connectivity index (χ2n) is 8.29. The van der Waals surface area contributed by atoms with E-state index in [4.69, 9.17) is 9.47 Å². The van der Waals surface area contributed by atoms with E-state index in [0.29, 0.717) is 43.4 Å². The van der Waals surface area contributed by atoms with Gasteiger partial charge in [-0.2, -0.15) is 5.10 Å². The number of amides is 2. The third kappa shape index (κ3) is 4.28. The standard InChI is InChI=1S/C25H23FN4O5/c1-16-14-20(31)23(27-30(16)18-7-3-2-6-17(18)26)25(33)29-15-22(24(32)28-10-12-34-13-11-28)35-21-9-5-4-8-19(21)29/h2-9,14,22H,10-13,15H2,1H3. The fourth-order valence-corrected chi connectivity index (χ4v) is 4.23. The normalized spacial score (nSPS) is 17.5. The molecule has 2 aliphatic heterocycles. The average molecular weight is 478 g/mol. The number of carbonyl (C=O) groups excluding carboxylic acids is 2. The summed E-state index contributed by atoms with van der Waals surface area (Å²) in [4.78, 5) is 42.6. The molecule has 0 aliphatic carbocycles. The van der Waals surface area contributed by atoms with Crippen LogP contribution in [0.25, 0.3) is 5.69 Å². The van der Waals surface area contributed by atoms with Crippen molar-refractivity contribution < 1.29 is 23.5 Å². The van der Waals surface area contributed by atoms with Crippen LogP contribution in [0.3, 0.4) is 0 Å². The number of anilines is 1. The van der Waals surface area contributed by atoms with Crippen LogP contribution in [-0.4, -0.2) is 65.4 Å². The zero-order valence-corrected chi connectivity index (χ0v) is 19.0. The first-order chi connectivity index (χ1) is 16.9. The molecular weight excluding hydrogens is 455 g/mol. The molecule has 0 bridgehead atoms. The van der Waals surface area contributed by atoms with Gasteiger partial charge in [-0.1, -0.05) is 24.3 Å². The molecule has 0 spiro atoms. The van der Waals surface area contributed by atoms with Gasteiger partial charge in [0.05, 0.1) is 25.4 Å². The lowest BCUT2D eigenvalue weighted by molar-refractivity contribution is -0.142. The molecule has 1 aromatic heterocycles. The summed E-state index contributed by atoms with van der Waals surface area (Å²) >= 11 is 0. The monoisotopic (exact) mass is 478 g/mol. The van der Waals surface area contributed by atoms with E-state index >= 15 is 0 Å². The lowest BCUT2D eigenvalue weighted by Gasteiger charge is -2.37. The summed E-state index contributed by atoms with van der Waals surface area (Å²) in [5, 5.41) is 4.23. The van der Waals surface area contributed by atoms with Gasteiger partial charge in [-0.25, -0.2) is 9.07 Å². The average Bonchev–Trinajstić information content (AvgIpc) is 2.88. The fourth-order valence-electron chi connectivity index (χ4n) is 4.23. The summed E-state index contributed by atoms with van der Waals surface area (Å²) in [6, 6.07) is 14.0. The van der Waals surface area contributed by atoms with Crippen LogP contribution in [0.1, 0.15) is 16.2 Å². The summed E-state index contributed by atoms with van der Waals surface area (Å²) in [6.45, 7) is 3.24. The Hall–Kier alpha value is -4.05. The van der Waals surface area contributed by atoms with Crippen LogP contribution in [0.2, 0.25) is 0 Å². The van der Waals surface area contributed by atoms with E-state index in [9.17, 15) is 18.8 Å². The van der Waals surface area contributed by atoms with Crippen LogP contribution in [0.15, 0.2) is 59.4 Å². The molecule has 3 aromatic rings. The Morgan fingerprint density at radius 1 is 1.03 bits per heavy atom. The van der Waals surface area contributed by atoms with Crippen LogP contribution in [0.5, 0.6) is 5.75 Å². The third-order valence-electron chi connectivity index (χ3n) is 6.01. The van der Waals surface area contributed by atoms with Crippen molar-refractivity contribution in [2.75, 3.05) is 37.7 Å². The number of rotatable bonds is 3. The molecule has 2 amide bonds. The molecule has 1 saturated heterocycles. The van der Waals surface area contributed by atoms with E-state index in [1.807, 2.05) is 0 Å². The summed E-state index contributed by atoms with van der Waals surface area (Å²) in [5.74, 6) is -1.16. The minimum Gasteiger partial charge on any atom is -0.476 e. The number of halogens is 1. The molecule has 10 heteroatoms. The highest BCUT2D eigenvalue weighted by atomic mass is 19.1. The number of fused-ring (bicyclic) bond motifs is 1. The van der Waals surface area contributed by atoms with E-state index < -0.39 is 23.3 Å². The first kappa shape index (κ1) is 22.7. The number of aromatic nitrogens is 2. The van der Waals surface area contributed by atoms with Crippen LogP contribution < -0.4 is 15.1 Å². The highest BCUT2D eigenvalue weighted by molar-refractivity contribution is 6.06. The molecule has 9 nitrogen and oxygen atoms in total. The molecule has 180 valence electrons. The topological polar surface area (TPSA) is 94.0 Å². The molecule has 1 atom stereocenters. The lowest BCUT2D eigenvalue weighted by atomic mass is 10.1. The van der Waals surface area contributed by atoms with Crippen LogP contribution in [0.4, 0.5) is 10.1 Å². The molecule has 5 rings (SSSR count). The quantitative estimate of drug-likeness (QED) is 0.571. The number of ether oxygens (including phenoxy) is 2. The van der Waals surface area contributed by atoms with Crippen molar-refractivity contribution >= 4 is 17.5 Å². The Balaban J connectivity index is 1.53. The molecule has 0 radical (unpaired) electrons. The number of aryl methyl sites for hydroxylation is 1. The number of hydrogen-bond donors (Lipinski definition) is 0. The maximum absolute atomic E-state index is 14.5. The van der Waals surface area contributed by atoms with Gasteiger partial charge in [-0.3, -0.25) is 19.3 Å². The van der Waals surface area contributed by atoms with Crippen LogP contribution in [0, 0.1) is 12.7 Å². The van der Waals surface area contributed by atoms with E-state index in [2.05, 4.69) is 5.10 Å². The molecule has 1 fully saturated rings. The second-order valence-corrected chi connectivity index (χ2v) is 8.29. The van der Waals surface area contributed by atoms with Crippen molar-refractivity contribution in [1.29, 1.82) is 0 Å². The Morgan fingerprint density at radius 3 is 2.46 bits per heavy atom. The largest absolute Gasteiger partial charge is 0.476 e. The maximum atomic E-state index is 14.5. The second kappa shape index (κ2) is 9.30. The van der Waals surface area contributed by atoms with Crippen molar-refractivity contribution in [3.05, 3.63) is 82.0 Å². The first-order valence-electron chi connectivity index (χ1n) is 11.2. The molecule has 2 aliphatic rings. The van der Waals surface area contributed by atoms with E-state index in [1.54, 1.807) is 48.2 Å². The summed E-state index contributed by atoms with van der Waals surface area (Å²) in [5.41, 5.74) is -0.0720. The molecule has 0 N–H and O–H groups in total. The van der Waals surface area contributed by atoms with Gasteiger partial charge in [0, 0.05) is 24.8 Å². The van der Waals surface area contributed by atoms with E-state index in [-0.39, 0.29) is 23.8 Å². The van der Waals surface area contributed by atoms with Crippen LogP contribution >= 0.6 is 0 Å². The van der Waals surface area contributed by atoms with Crippen molar-refractivity contribution in [1.82, 2.24) is 14.7 Å². The van der Waals surface area contributed by atoms with Crippen molar-refractivity contribution in [2.45, 2.75) is 13.0 Å². The highest BCUT2D eigenvalue weighted by Gasteiger charge is 2.37. The molecule has 2 aromatic carbocycles. The van der Waals surface area contributed by atoms with E-state index in [0.717, 1.165) is 0 Å². The molecule has 3 heterocycles. The number of hydrogen-bond acceptors (Lipinski definition) is 6. The molecular formula is C25H23FN4O5. The summed E-state index contributed by atoms with van der Waals surface area (Å²) < 4.78 is 26.9. The Labute approximate surface area is 200 Å².